The second-order valence-corrected chi connectivity index (χ2v) is 7.29. The molecule has 31 heavy (non-hydrogen) atoms. The van der Waals surface area contributed by atoms with E-state index in [0.717, 1.165) is 11.4 Å². The molecule has 2 aromatic carbocycles. The van der Waals surface area contributed by atoms with E-state index in [0.29, 0.717) is 17.3 Å². The molecule has 0 saturated carbocycles. The number of ketones is 1. The molecule has 8 heteroatoms. The van der Waals surface area contributed by atoms with Crippen LogP contribution in [-0.2, 0) is 9.59 Å². The molecule has 1 heterocycles. The monoisotopic (exact) mass is 419 g/mol. The largest absolute Gasteiger partial charge is 0.497 e. The molecule has 160 valence electrons. The second-order valence-electron chi connectivity index (χ2n) is 7.29. The van der Waals surface area contributed by atoms with Gasteiger partial charge in [0.05, 0.1) is 31.6 Å². The van der Waals surface area contributed by atoms with Gasteiger partial charge < -0.3 is 19.9 Å². The van der Waals surface area contributed by atoms with E-state index in [2.05, 4.69) is 11.4 Å². The van der Waals surface area contributed by atoms with Crippen LogP contribution in [0.4, 0.5) is 17.1 Å². The number of Topliss-reactive ketones (excluding diaryl/α,β-unsaturated/α-hetero) is 1. The van der Waals surface area contributed by atoms with Crippen molar-refractivity contribution in [3.05, 3.63) is 59.9 Å². The molecule has 0 bridgehead atoms. The van der Waals surface area contributed by atoms with Gasteiger partial charge >= 0.3 is 0 Å². The second kappa shape index (κ2) is 9.32. The van der Waals surface area contributed by atoms with Crippen LogP contribution in [0.2, 0.25) is 0 Å². The van der Waals surface area contributed by atoms with E-state index < -0.39 is 0 Å². The number of rotatable bonds is 7. The Labute approximate surface area is 181 Å². The fourth-order valence-electron chi connectivity index (χ4n) is 3.58. The molecule has 0 spiro atoms. The van der Waals surface area contributed by atoms with Crippen LogP contribution >= 0.6 is 0 Å². The first kappa shape index (κ1) is 21.9. The number of anilines is 3. The molecule has 0 fully saturated rings. The number of carbonyl (C=O) groups is 2. The Hall–Kier alpha value is -3.83. The number of amides is 1. The van der Waals surface area contributed by atoms with E-state index in [1.807, 2.05) is 48.2 Å². The van der Waals surface area contributed by atoms with Gasteiger partial charge in [0.2, 0.25) is 5.91 Å². The lowest BCUT2D eigenvalue weighted by Crippen LogP contribution is -2.36. The Morgan fingerprint density at radius 2 is 1.71 bits per heavy atom. The predicted molar refractivity (Wildman–Crippen MR) is 120 cm³/mol. The van der Waals surface area contributed by atoms with Crippen molar-refractivity contribution in [2.24, 2.45) is 0 Å². The van der Waals surface area contributed by atoms with E-state index in [-0.39, 0.29) is 30.4 Å². The predicted octanol–water partition coefficient (Wildman–Crippen LogP) is 2.46. The summed E-state index contributed by atoms with van der Waals surface area (Å²) in [7, 11) is 6.88. The maximum atomic E-state index is 12.9. The number of hydrogen-bond acceptors (Lipinski definition) is 7. The van der Waals surface area contributed by atoms with Gasteiger partial charge in [-0.1, -0.05) is 18.2 Å². The van der Waals surface area contributed by atoms with Gasteiger partial charge in [0.1, 0.15) is 23.2 Å². The van der Waals surface area contributed by atoms with Crippen molar-refractivity contribution in [3.8, 4) is 11.8 Å². The SMILES string of the molecule is COc1cccc(NC(=O)CN(C)CC(=O)C(C#N)=C2N(C)c3ccccc3N2C)c1. The molecule has 0 atom stereocenters. The van der Waals surface area contributed by atoms with E-state index in [4.69, 9.17) is 4.74 Å². The van der Waals surface area contributed by atoms with E-state index in [1.165, 1.54) is 0 Å². The fraction of sp³-hybridized carbons (Fsp3) is 0.261. The summed E-state index contributed by atoms with van der Waals surface area (Å²) >= 11 is 0. The standard InChI is InChI=1S/C23H25N5O3/c1-26(15-22(30)25-16-8-7-9-17(12-16)31-4)14-21(29)18(13-24)23-27(2)19-10-5-6-11-20(19)28(23)3/h5-12H,14-15H2,1-4H3,(H,25,30). The normalized spacial score (nSPS) is 12.5. The van der Waals surface area contributed by atoms with Crippen LogP contribution in [0.3, 0.4) is 0 Å². The number of fused-ring (bicyclic) bond motifs is 1. The Morgan fingerprint density at radius 3 is 2.29 bits per heavy atom. The molecule has 8 nitrogen and oxygen atoms in total. The molecule has 0 radical (unpaired) electrons. The van der Waals surface area contributed by atoms with Crippen LogP contribution in [0, 0.1) is 11.3 Å². The van der Waals surface area contributed by atoms with Gasteiger partial charge in [-0.3, -0.25) is 14.5 Å². The lowest BCUT2D eigenvalue weighted by Gasteiger charge is -2.21. The van der Waals surface area contributed by atoms with Crippen LogP contribution in [0.1, 0.15) is 0 Å². The minimum atomic E-state index is -0.347. The Morgan fingerprint density at radius 1 is 1.06 bits per heavy atom. The minimum absolute atomic E-state index is 0.00287. The molecule has 1 N–H and O–H groups in total. The highest BCUT2D eigenvalue weighted by Gasteiger charge is 2.31. The Kier molecular flexibility index (Phi) is 6.58. The number of likely N-dealkylation sites (N-methyl/N-ethyl adjacent to an activating group) is 1. The number of nitriles is 1. The first-order valence-electron chi connectivity index (χ1n) is 9.72. The first-order chi connectivity index (χ1) is 14.8. The number of nitrogens with zero attached hydrogens (tertiary/aromatic N) is 4. The quantitative estimate of drug-likeness (QED) is 0.545. The zero-order valence-corrected chi connectivity index (χ0v) is 18.0. The van der Waals surface area contributed by atoms with Crippen LogP contribution in [0.25, 0.3) is 0 Å². The summed E-state index contributed by atoms with van der Waals surface area (Å²) in [5.41, 5.74) is 2.51. The van der Waals surface area contributed by atoms with Gasteiger partial charge in [-0.15, -0.1) is 0 Å². The summed E-state index contributed by atoms with van der Waals surface area (Å²) < 4.78 is 5.15. The van der Waals surface area contributed by atoms with Crippen molar-refractivity contribution in [2.75, 3.05) is 56.5 Å². The van der Waals surface area contributed by atoms with Crippen LogP contribution in [0.15, 0.2) is 59.9 Å². The van der Waals surface area contributed by atoms with Gasteiger partial charge in [-0.25, -0.2) is 0 Å². The third-order valence-corrected chi connectivity index (χ3v) is 5.03. The molecule has 1 aliphatic heterocycles. The highest BCUT2D eigenvalue weighted by atomic mass is 16.5. The zero-order valence-electron chi connectivity index (χ0n) is 18.0. The lowest BCUT2D eigenvalue weighted by molar-refractivity contribution is -0.119. The summed E-state index contributed by atoms with van der Waals surface area (Å²) in [6.45, 7) is -0.0567. The molecular formula is C23H25N5O3. The summed E-state index contributed by atoms with van der Waals surface area (Å²) in [4.78, 5) is 30.5. The number of nitrogens with one attached hydrogen (secondary N) is 1. The average Bonchev–Trinajstić information content (AvgIpc) is 2.99. The average molecular weight is 419 g/mol. The number of para-hydroxylation sites is 2. The van der Waals surface area contributed by atoms with Gasteiger partial charge in [-0.05, 0) is 31.3 Å². The van der Waals surface area contributed by atoms with Crippen LogP contribution < -0.4 is 19.9 Å². The maximum absolute atomic E-state index is 12.9. The van der Waals surface area contributed by atoms with Crippen molar-refractivity contribution in [3.63, 3.8) is 0 Å². The first-order valence-corrected chi connectivity index (χ1v) is 9.72. The van der Waals surface area contributed by atoms with Crippen molar-refractivity contribution < 1.29 is 14.3 Å². The Balaban J connectivity index is 1.68. The lowest BCUT2D eigenvalue weighted by atomic mass is 10.1. The van der Waals surface area contributed by atoms with E-state index >= 15 is 0 Å². The molecule has 2 aromatic rings. The number of hydrogen-bond donors (Lipinski definition) is 1. The van der Waals surface area contributed by atoms with Gasteiger partial charge in [-0.2, -0.15) is 5.26 Å². The summed E-state index contributed by atoms with van der Waals surface area (Å²) in [6, 6.07) is 16.8. The molecular weight excluding hydrogens is 394 g/mol. The third kappa shape index (κ3) is 4.68. The summed E-state index contributed by atoms with van der Waals surface area (Å²) in [5.74, 6) is 0.554. The smallest absolute Gasteiger partial charge is 0.238 e. The Bertz CT molecular complexity index is 1040. The van der Waals surface area contributed by atoms with Crippen molar-refractivity contribution in [1.82, 2.24) is 4.90 Å². The maximum Gasteiger partial charge on any atom is 0.238 e. The molecule has 0 saturated heterocycles. The highest BCUT2D eigenvalue weighted by Crippen LogP contribution is 2.40. The van der Waals surface area contributed by atoms with E-state index in [9.17, 15) is 14.9 Å². The molecule has 0 aromatic heterocycles. The van der Waals surface area contributed by atoms with Gasteiger partial charge in [0.25, 0.3) is 0 Å². The van der Waals surface area contributed by atoms with Crippen LogP contribution in [0.5, 0.6) is 5.75 Å². The topological polar surface area (TPSA) is 88.9 Å². The number of ether oxygens (including phenoxy) is 1. The van der Waals surface area contributed by atoms with Gasteiger partial charge in [0, 0.05) is 25.8 Å². The fourth-order valence-corrected chi connectivity index (χ4v) is 3.58. The minimum Gasteiger partial charge on any atom is -0.497 e. The zero-order chi connectivity index (χ0) is 22.5. The molecule has 0 aliphatic carbocycles. The van der Waals surface area contributed by atoms with E-state index in [1.54, 1.807) is 43.3 Å². The number of benzene rings is 2. The molecule has 3 rings (SSSR count). The number of methoxy groups -OCH3 is 1. The van der Waals surface area contributed by atoms with Crippen molar-refractivity contribution in [2.45, 2.75) is 0 Å². The van der Waals surface area contributed by atoms with Crippen molar-refractivity contribution in [1.29, 1.82) is 5.26 Å². The third-order valence-electron chi connectivity index (χ3n) is 5.03. The van der Waals surface area contributed by atoms with Crippen LogP contribution in [-0.4, -0.2) is 57.9 Å². The number of carbonyl (C=O) groups excluding carboxylic acids is 2. The molecule has 1 amide bonds. The highest BCUT2D eigenvalue weighted by molar-refractivity contribution is 6.04. The summed E-state index contributed by atoms with van der Waals surface area (Å²) in [5, 5.41) is 12.5. The molecule has 1 aliphatic rings. The summed E-state index contributed by atoms with van der Waals surface area (Å²) in [6.07, 6.45) is 0. The van der Waals surface area contributed by atoms with Gasteiger partial charge in [0.15, 0.2) is 5.78 Å². The van der Waals surface area contributed by atoms with Crippen molar-refractivity contribution >= 4 is 28.8 Å². The molecule has 0 unspecified atom stereocenters.